The van der Waals surface area contributed by atoms with Crippen molar-refractivity contribution in [3.8, 4) is 44.8 Å². The predicted octanol–water partition coefficient (Wildman–Crippen LogP) is 12.6. The summed E-state index contributed by atoms with van der Waals surface area (Å²) in [6.07, 6.45) is 13.7. The van der Waals surface area contributed by atoms with Crippen molar-refractivity contribution in [3.63, 3.8) is 0 Å². The molecule has 3 heterocycles. The molecule has 51 heavy (non-hydrogen) atoms. The topological polar surface area (TPSA) is 30.7 Å². The fourth-order valence-corrected chi connectivity index (χ4v) is 8.08. The number of allylic oxidation sites excluding steroid dienone is 4. The van der Waals surface area contributed by atoms with Crippen molar-refractivity contribution < 1.29 is 0 Å². The molecule has 1 atom stereocenters. The van der Waals surface area contributed by atoms with Crippen LogP contribution in [0.1, 0.15) is 12.5 Å². The Bertz CT molecular complexity index is 2750. The predicted molar refractivity (Wildman–Crippen MR) is 214 cm³/mol. The van der Waals surface area contributed by atoms with E-state index in [0.717, 1.165) is 23.3 Å². The van der Waals surface area contributed by atoms with Crippen molar-refractivity contribution in [2.75, 3.05) is 0 Å². The fraction of sp³-hybridized carbons (Fsp3) is 0.0417. The standard InChI is InChI=1S/C48H33N3/c1-3-13-32(14-4-1)33-22-24-34(25-23-33)47-37-17-7-9-19-39(37)48(40-20-10-8-18-38(40)47)35-26-27-45-41(29-35)42-30-44(43-21-11-12-28-49-43)50-31-46(42)51(45)36-15-5-2-6-16-36/h1-15,17-31,36H,16H2. The Balaban J connectivity index is 1.21. The van der Waals surface area contributed by atoms with E-state index >= 15 is 0 Å². The van der Waals surface area contributed by atoms with Crippen LogP contribution in [-0.4, -0.2) is 14.5 Å². The van der Waals surface area contributed by atoms with Gasteiger partial charge < -0.3 is 4.57 Å². The molecular formula is C48H33N3. The highest BCUT2D eigenvalue weighted by molar-refractivity contribution is 6.22. The van der Waals surface area contributed by atoms with Gasteiger partial charge in [-0.25, -0.2) is 0 Å². The van der Waals surface area contributed by atoms with Gasteiger partial charge in [0.25, 0.3) is 0 Å². The highest BCUT2D eigenvalue weighted by Gasteiger charge is 2.21. The number of hydrogen-bond donors (Lipinski definition) is 0. The van der Waals surface area contributed by atoms with Gasteiger partial charge in [-0.1, -0.05) is 140 Å². The summed E-state index contributed by atoms with van der Waals surface area (Å²) < 4.78 is 2.46. The van der Waals surface area contributed by atoms with E-state index < -0.39 is 0 Å². The van der Waals surface area contributed by atoms with Crippen LogP contribution in [-0.2, 0) is 0 Å². The molecule has 1 aliphatic rings. The summed E-state index contributed by atoms with van der Waals surface area (Å²) in [6.45, 7) is 0. The maximum Gasteiger partial charge on any atom is 0.0893 e. The number of benzene rings is 6. The van der Waals surface area contributed by atoms with Gasteiger partial charge in [-0.15, -0.1) is 0 Å². The van der Waals surface area contributed by atoms with Crippen molar-refractivity contribution in [1.82, 2.24) is 14.5 Å². The SMILES string of the molecule is C1=CCC(n2c3ccc(-c4c5ccccc5c(-c5ccc(-c6ccccc6)cc5)c5ccccc45)cc3c3cc(-c4ccccn4)ncc32)C=C1. The Morgan fingerprint density at radius 3 is 1.73 bits per heavy atom. The molecule has 0 fully saturated rings. The summed E-state index contributed by atoms with van der Waals surface area (Å²) in [5.41, 5.74) is 11.5. The lowest BCUT2D eigenvalue weighted by Gasteiger charge is -2.19. The molecule has 10 rings (SSSR count). The lowest BCUT2D eigenvalue weighted by molar-refractivity contribution is 0.647. The largest absolute Gasteiger partial charge is 0.332 e. The zero-order valence-electron chi connectivity index (χ0n) is 27.9. The minimum atomic E-state index is 0.220. The van der Waals surface area contributed by atoms with E-state index in [2.05, 4.69) is 161 Å². The normalized spacial score (nSPS) is 14.2. The van der Waals surface area contributed by atoms with Gasteiger partial charge in [0.15, 0.2) is 0 Å². The molecule has 1 unspecified atom stereocenters. The summed E-state index contributed by atoms with van der Waals surface area (Å²) >= 11 is 0. The monoisotopic (exact) mass is 651 g/mol. The van der Waals surface area contributed by atoms with E-state index in [9.17, 15) is 0 Å². The van der Waals surface area contributed by atoms with Crippen LogP contribution in [0.25, 0.3) is 88.1 Å². The molecule has 1 aliphatic carbocycles. The summed E-state index contributed by atoms with van der Waals surface area (Å²) in [6, 6.07) is 52.9. The minimum absolute atomic E-state index is 0.220. The van der Waals surface area contributed by atoms with Crippen LogP contribution in [0, 0.1) is 0 Å². The Labute approximate surface area is 296 Å². The summed E-state index contributed by atoms with van der Waals surface area (Å²) in [5, 5.41) is 7.41. The van der Waals surface area contributed by atoms with Crippen molar-refractivity contribution in [1.29, 1.82) is 0 Å². The molecule has 0 N–H and O–H groups in total. The van der Waals surface area contributed by atoms with E-state index in [1.165, 1.54) is 71.2 Å². The molecule has 9 aromatic rings. The molecule has 0 saturated heterocycles. The number of aromatic nitrogens is 3. The zero-order chi connectivity index (χ0) is 33.7. The van der Waals surface area contributed by atoms with Gasteiger partial charge >= 0.3 is 0 Å². The molecule has 0 bridgehead atoms. The van der Waals surface area contributed by atoms with E-state index in [0.29, 0.717) is 0 Å². The van der Waals surface area contributed by atoms with E-state index in [1.807, 2.05) is 30.6 Å². The first-order chi connectivity index (χ1) is 25.3. The Hall–Kier alpha value is -6.58. The van der Waals surface area contributed by atoms with E-state index in [4.69, 9.17) is 4.98 Å². The van der Waals surface area contributed by atoms with Crippen molar-refractivity contribution >= 4 is 43.4 Å². The third-order valence-corrected chi connectivity index (χ3v) is 10.4. The van der Waals surface area contributed by atoms with Gasteiger partial charge in [0.2, 0.25) is 0 Å². The number of pyridine rings is 2. The van der Waals surface area contributed by atoms with Gasteiger partial charge in [-0.05, 0) is 91.7 Å². The average molecular weight is 652 g/mol. The molecule has 3 heteroatoms. The molecule has 0 amide bonds. The Kier molecular flexibility index (Phi) is 6.95. The Morgan fingerprint density at radius 1 is 0.451 bits per heavy atom. The highest BCUT2D eigenvalue weighted by Crippen LogP contribution is 2.45. The fourth-order valence-electron chi connectivity index (χ4n) is 8.08. The molecular weight excluding hydrogens is 619 g/mol. The first kappa shape index (κ1) is 29.3. The first-order valence-corrected chi connectivity index (χ1v) is 17.6. The maximum atomic E-state index is 4.93. The van der Waals surface area contributed by atoms with Gasteiger partial charge in [-0.3, -0.25) is 9.97 Å². The van der Waals surface area contributed by atoms with E-state index in [1.54, 1.807) is 0 Å². The quantitative estimate of drug-likeness (QED) is 0.173. The highest BCUT2D eigenvalue weighted by atomic mass is 15.0. The van der Waals surface area contributed by atoms with Crippen molar-refractivity contribution in [2.45, 2.75) is 12.5 Å². The van der Waals surface area contributed by atoms with Crippen LogP contribution in [0.3, 0.4) is 0 Å². The summed E-state index contributed by atoms with van der Waals surface area (Å²) in [5.74, 6) is 0. The van der Waals surface area contributed by atoms with Crippen LogP contribution in [0.5, 0.6) is 0 Å². The molecule has 6 aromatic carbocycles. The lowest BCUT2D eigenvalue weighted by atomic mass is 9.85. The molecule has 0 radical (unpaired) electrons. The van der Waals surface area contributed by atoms with Crippen molar-refractivity contribution in [3.05, 3.63) is 182 Å². The van der Waals surface area contributed by atoms with Gasteiger partial charge in [-0.2, -0.15) is 0 Å². The van der Waals surface area contributed by atoms with Crippen LogP contribution in [0.2, 0.25) is 0 Å². The summed E-state index contributed by atoms with van der Waals surface area (Å²) in [4.78, 5) is 9.56. The van der Waals surface area contributed by atoms with E-state index in [-0.39, 0.29) is 6.04 Å². The maximum absolute atomic E-state index is 4.93. The molecule has 240 valence electrons. The number of fused-ring (bicyclic) bond motifs is 5. The lowest BCUT2D eigenvalue weighted by Crippen LogP contribution is -2.07. The number of rotatable bonds is 5. The smallest absolute Gasteiger partial charge is 0.0893 e. The molecule has 0 aliphatic heterocycles. The van der Waals surface area contributed by atoms with Crippen LogP contribution < -0.4 is 0 Å². The molecule has 0 saturated carbocycles. The van der Waals surface area contributed by atoms with Gasteiger partial charge in [0.05, 0.1) is 29.1 Å². The average Bonchev–Trinajstić information content (AvgIpc) is 3.54. The van der Waals surface area contributed by atoms with Crippen LogP contribution in [0.4, 0.5) is 0 Å². The van der Waals surface area contributed by atoms with Crippen LogP contribution in [0.15, 0.2) is 182 Å². The Morgan fingerprint density at radius 2 is 1.06 bits per heavy atom. The second-order valence-electron chi connectivity index (χ2n) is 13.3. The van der Waals surface area contributed by atoms with Gasteiger partial charge in [0.1, 0.15) is 0 Å². The number of hydrogen-bond acceptors (Lipinski definition) is 2. The summed E-state index contributed by atoms with van der Waals surface area (Å²) in [7, 11) is 0. The minimum Gasteiger partial charge on any atom is -0.332 e. The zero-order valence-corrected chi connectivity index (χ0v) is 27.9. The van der Waals surface area contributed by atoms with Crippen LogP contribution >= 0.6 is 0 Å². The van der Waals surface area contributed by atoms with Gasteiger partial charge in [0, 0.05) is 22.5 Å². The van der Waals surface area contributed by atoms with Crippen molar-refractivity contribution in [2.24, 2.45) is 0 Å². The number of nitrogens with zero attached hydrogens (tertiary/aromatic N) is 3. The second-order valence-corrected chi connectivity index (χ2v) is 13.3. The second kappa shape index (κ2) is 12.1. The molecule has 3 aromatic heterocycles. The molecule has 3 nitrogen and oxygen atoms in total. The third-order valence-electron chi connectivity index (χ3n) is 10.4. The first-order valence-electron chi connectivity index (χ1n) is 17.6. The molecule has 0 spiro atoms. The third kappa shape index (κ3) is 4.89.